The van der Waals surface area contributed by atoms with Crippen LogP contribution in [0.4, 0.5) is 4.79 Å². The van der Waals surface area contributed by atoms with Crippen LogP contribution >= 0.6 is 0 Å². The summed E-state index contributed by atoms with van der Waals surface area (Å²) in [6.07, 6.45) is 3.51. The molecule has 0 spiro atoms. The largest absolute Gasteiger partial charge is 0.439 e. The number of hydrogen-bond donors (Lipinski definition) is 5. The molecule has 0 saturated heterocycles. The number of aliphatic hydroxyl groups is 2. The Bertz CT molecular complexity index is 1180. The first kappa shape index (κ1) is 34.6. The van der Waals surface area contributed by atoms with Gasteiger partial charge in [0, 0.05) is 43.9 Å². The number of allylic oxidation sites excluding steroid dienone is 4. The molecule has 2 aliphatic rings. The summed E-state index contributed by atoms with van der Waals surface area (Å²) < 4.78 is 16.5. The predicted molar refractivity (Wildman–Crippen MR) is 155 cm³/mol. The first-order valence-electron chi connectivity index (χ1n) is 13.8. The average molecular weight is 590 g/mol. The quantitative estimate of drug-likeness (QED) is 0.224. The Morgan fingerprint density at radius 2 is 1.86 bits per heavy atom. The molecule has 0 aromatic carbocycles. The third-order valence-electron chi connectivity index (χ3n) is 7.21. The lowest BCUT2D eigenvalue weighted by molar-refractivity contribution is -0.120. The molecule has 0 radical (unpaired) electrons. The molecule has 42 heavy (non-hydrogen) atoms. The van der Waals surface area contributed by atoms with E-state index in [2.05, 4.69) is 10.6 Å². The van der Waals surface area contributed by atoms with Crippen molar-refractivity contribution in [1.29, 1.82) is 0 Å². The van der Waals surface area contributed by atoms with Crippen LogP contribution in [0.1, 0.15) is 40.5 Å². The molecule has 2 amide bonds. The Kier molecular flexibility index (Phi) is 13.3. The molecular weight excluding hydrogens is 546 g/mol. The van der Waals surface area contributed by atoms with Crippen LogP contribution in [0.5, 0.6) is 0 Å². The minimum absolute atomic E-state index is 0.0570. The Balaban J connectivity index is 2.61. The molecule has 232 valence electrons. The van der Waals surface area contributed by atoms with Gasteiger partial charge in [-0.1, -0.05) is 38.2 Å². The van der Waals surface area contributed by atoms with E-state index in [1.165, 1.54) is 33.3 Å². The summed E-state index contributed by atoms with van der Waals surface area (Å²) in [6, 6.07) is 0. The standard InChI is InChI=1S/C30H43N3O9/c1-16-12-20-25(32-10-11-34)22(35)15-21(27(20)37)33-29(38)17(2)8-7-9-23(40-5)28(42-30(31)39)19(4)14-18(3)26(36)24(13-16)41-6/h7-9,14-16,18,23-24,26,28,32,34,36H,10-13H2,1-6H3,(H2,31,39)(H,33,38)/b9-7-,17-8-,19-14-/t16-,18+,23+,24+,26-,28+/m1/s1. The SMILES string of the molecule is CO[C@H]1/C=C\C=C(\C)C(=O)NC2=CC(=O)C(NCCO)=C(C[C@@H](C)C[C@H](OC)[C@H](O)[C@@H](C)/C=C(/C)[C@@H]1OC(N)=O)C2=O. The van der Waals surface area contributed by atoms with Gasteiger partial charge in [-0.05, 0) is 38.2 Å². The average Bonchev–Trinajstić information content (AvgIpc) is 2.94. The Morgan fingerprint density at radius 3 is 2.45 bits per heavy atom. The molecule has 2 bridgehead atoms. The van der Waals surface area contributed by atoms with Gasteiger partial charge in [0.15, 0.2) is 6.10 Å². The number of rotatable bonds is 6. The number of nitrogens with two attached hydrogens (primary N) is 1. The zero-order valence-corrected chi connectivity index (χ0v) is 25.0. The van der Waals surface area contributed by atoms with Gasteiger partial charge in [0.25, 0.3) is 5.91 Å². The molecule has 2 rings (SSSR count). The summed E-state index contributed by atoms with van der Waals surface area (Å²) in [4.78, 5) is 51.2. The van der Waals surface area contributed by atoms with Gasteiger partial charge in [0.1, 0.15) is 6.10 Å². The molecule has 0 aromatic rings. The number of hydrogen-bond acceptors (Lipinski definition) is 10. The fraction of sp³-hybridized carbons (Fsp3) is 0.533. The zero-order chi connectivity index (χ0) is 31.6. The topological polar surface area (TPSA) is 187 Å². The van der Waals surface area contributed by atoms with E-state index in [1.54, 1.807) is 26.0 Å². The van der Waals surface area contributed by atoms with E-state index in [4.69, 9.17) is 19.9 Å². The van der Waals surface area contributed by atoms with Crippen LogP contribution in [-0.4, -0.2) is 85.6 Å². The molecular formula is C30H43N3O9. The number of fused-ring (bicyclic) bond motifs is 2. The third kappa shape index (κ3) is 9.21. The second kappa shape index (κ2) is 16.2. The van der Waals surface area contributed by atoms with Gasteiger partial charge >= 0.3 is 6.09 Å². The van der Waals surface area contributed by atoms with E-state index in [0.29, 0.717) is 12.0 Å². The number of ether oxygens (including phenoxy) is 3. The lowest BCUT2D eigenvalue weighted by atomic mass is 9.85. The number of ketones is 2. The number of Topliss-reactive ketones (excluding diaryl/α,β-unsaturated/α-hetero) is 1. The Morgan fingerprint density at radius 1 is 1.17 bits per heavy atom. The molecule has 0 unspecified atom stereocenters. The van der Waals surface area contributed by atoms with Gasteiger partial charge in [0.2, 0.25) is 11.6 Å². The smallest absolute Gasteiger partial charge is 0.405 e. The molecule has 6 atom stereocenters. The van der Waals surface area contributed by atoms with Gasteiger partial charge in [0.05, 0.1) is 30.2 Å². The monoisotopic (exact) mass is 589 g/mol. The molecule has 0 aromatic heterocycles. The second-order valence-electron chi connectivity index (χ2n) is 10.6. The first-order chi connectivity index (χ1) is 19.8. The second-order valence-corrected chi connectivity index (χ2v) is 10.6. The number of aliphatic hydroxyl groups excluding tert-OH is 2. The number of methoxy groups -OCH3 is 2. The number of carbonyl (C=O) groups excluding carboxylic acids is 4. The van der Waals surface area contributed by atoms with Gasteiger partial charge in [-0.25, -0.2) is 4.79 Å². The first-order valence-corrected chi connectivity index (χ1v) is 13.8. The van der Waals surface area contributed by atoms with Crippen LogP contribution in [0.25, 0.3) is 0 Å². The van der Waals surface area contributed by atoms with E-state index >= 15 is 0 Å². The van der Waals surface area contributed by atoms with Gasteiger partial charge in [-0.3, -0.25) is 14.4 Å². The van der Waals surface area contributed by atoms with Crippen molar-refractivity contribution in [2.45, 2.75) is 65.0 Å². The van der Waals surface area contributed by atoms with Crippen LogP contribution in [0.15, 0.2) is 58.5 Å². The highest BCUT2D eigenvalue weighted by Gasteiger charge is 2.33. The van der Waals surface area contributed by atoms with Crippen molar-refractivity contribution in [3.63, 3.8) is 0 Å². The van der Waals surface area contributed by atoms with Crippen LogP contribution in [-0.2, 0) is 28.6 Å². The van der Waals surface area contributed by atoms with Crippen molar-refractivity contribution in [2.24, 2.45) is 17.6 Å². The highest BCUT2D eigenvalue weighted by atomic mass is 16.6. The van der Waals surface area contributed by atoms with Crippen LogP contribution in [0.3, 0.4) is 0 Å². The fourth-order valence-corrected chi connectivity index (χ4v) is 4.96. The van der Waals surface area contributed by atoms with Crippen molar-refractivity contribution >= 4 is 23.6 Å². The maximum atomic E-state index is 13.5. The third-order valence-corrected chi connectivity index (χ3v) is 7.21. The number of nitrogens with one attached hydrogen (secondary N) is 2. The van der Waals surface area contributed by atoms with Crippen molar-refractivity contribution in [3.05, 3.63) is 58.5 Å². The van der Waals surface area contributed by atoms with E-state index in [0.717, 1.165) is 6.08 Å². The predicted octanol–water partition coefficient (Wildman–Crippen LogP) is 1.34. The molecule has 1 heterocycles. The Labute approximate surface area is 246 Å². The normalized spacial score (nSPS) is 31.7. The minimum atomic E-state index is -1.01. The number of primary amides is 1. The molecule has 0 fully saturated rings. The van der Waals surface area contributed by atoms with Crippen molar-refractivity contribution in [3.8, 4) is 0 Å². The fourth-order valence-electron chi connectivity index (χ4n) is 4.96. The lowest BCUT2D eigenvalue weighted by Gasteiger charge is -2.30. The van der Waals surface area contributed by atoms with Gasteiger partial charge in [-0.2, -0.15) is 0 Å². The summed E-state index contributed by atoms with van der Waals surface area (Å²) in [7, 11) is 2.89. The Hall–Kier alpha value is -3.58. The summed E-state index contributed by atoms with van der Waals surface area (Å²) in [5, 5.41) is 25.9. The van der Waals surface area contributed by atoms with Crippen LogP contribution in [0.2, 0.25) is 0 Å². The number of carbonyl (C=O) groups is 4. The van der Waals surface area contributed by atoms with Gasteiger partial charge < -0.3 is 40.8 Å². The molecule has 6 N–H and O–H groups in total. The molecule has 1 aliphatic heterocycles. The van der Waals surface area contributed by atoms with Crippen molar-refractivity contribution in [1.82, 2.24) is 10.6 Å². The summed E-state index contributed by atoms with van der Waals surface area (Å²) in [5.41, 5.74) is 6.19. The molecule has 0 saturated carbocycles. The van der Waals surface area contributed by atoms with E-state index in [9.17, 15) is 29.4 Å². The van der Waals surface area contributed by atoms with Crippen LogP contribution < -0.4 is 16.4 Å². The minimum Gasteiger partial charge on any atom is -0.439 e. The van der Waals surface area contributed by atoms with Gasteiger partial charge in [-0.15, -0.1) is 0 Å². The van der Waals surface area contributed by atoms with E-state index < -0.39 is 53.9 Å². The molecule has 12 nitrogen and oxygen atoms in total. The maximum absolute atomic E-state index is 13.5. The van der Waals surface area contributed by atoms with Crippen molar-refractivity contribution < 1.29 is 43.6 Å². The highest BCUT2D eigenvalue weighted by Crippen LogP contribution is 2.28. The summed E-state index contributed by atoms with van der Waals surface area (Å²) >= 11 is 0. The zero-order valence-electron chi connectivity index (χ0n) is 25.0. The van der Waals surface area contributed by atoms with Crippen molar-refractivity contribution in [2.75, 3.05) is 27.4 Å². The summed E-state index contributed by atoms with van der Waals surface area (Å²) in [5.74, 6) is -2.33. The van der Waals surface area contributed by atoms with Crippen LogP contribution in [0, 0.1) is 11.8 Å². The molecule has 12 heteroatoms. The van der Waals surface area contributed by atoms with E-state index in [-0.39, 0.29) is 48.0 Å². The maximum Gasteiger partial charge on any atom is 0.405 e. The number of amides is 2. The summed E-state index contributed by atoms with van der Waals surface area (Å²) in [6.45, 7) is 6.70. The lowest BCUT2D eigenvalue weighted by Crippen LogP contribution is -2.38. The molecule has 1 aliphatic carbocycles. The highest BCUT2D eigenvalue weighted by molar-refractivity contribution is 6.23. The van der Waals surface area contributed by atoms with E-state index in [1.807, 2.05) is 6.92 Å².